The quantitative estimate of drug-likeness (QED) is 0.339. The van der Waals surface area contributed by atoms with Crippen molar-refractivity contribution in [2.24, 2.45) is 0 Å². The molecular formula is C15H28F3N2O2P. The Morgan fingerprint density at radius 2 is 1.61 bits per heavy atom. The molecule has 0 fully saturated rings. The summed E-state index contributed by atoms with van der Waals surface area (Å²) in [4.78, 5) is 12.9. The molecule has 0 saturated heterocycles. The van der Waals surface area contributed by atoms with E-state index in [4.69, 9.17) is 4.52 Å². The van der Waals surface area contributed by atoms with Crippen LogP contribution in [0.5, 0.6) is 0 Å². The molecule has 1 N–H and O–H groups in total. The van der Waals surface area contributed by atoms with E-state index in [9.17, 15) is 18.0 Å². The van der Waals surface area contributed by atoms with Crippen LogP contribution in [0.3, 0.4) is 0 Å². The molecular weight excluding hydrogens is 328 g/mol. The number of carbonyl (C=O) groups excluding carboxylic acids is 1. The first kappa shape index (κ1) is 22.6. The number of rotatable bonds is 11. The van der Waals surface area contributed by atoms with Crippen LogP contribution in [0.25, 0.3) is 0 Å². The molecule has 1 amide bonds. The Morgan fingerprint density at radius 1 is 1.09 bits per heavy atom. The predicted octanol–water partition coefficient (Wildman–Crippen LogP) is 4.40. The molecule has 0 spiro atoms. The van der Waals surface area contributed by atoms with Crippen molar-refractivity contribution in [2.45, 2.75) is 84.3 Å². The standard InChI is InChI=1S/C15H28F3N2O2P/c1-11(2)20(12(3)4)13(22-23)9-7-5-6-8-10-19-14(21)15(16,17)18/h11-13H,5-10H2,1-4H3,(H,19,21). The minimum atomic E-state index is -4.80. The van der Waals surface area contributed by atoms with Crippen LogP contribution in [0.2, 0.25) is 0 Å². The van der Waals surface area contributed by atoms with Gasteiger partial charge in [0.2, 0.25) is 0 Å². The van der Waals surface area contributed by atoms with E-state index in [-0.39, 0.29) is 12.8 Å². The summed E-state index contributed by atoms with van der Waals surface area (Å²) in [5.74, 6) is -1.87. The number of hydrogen-bond donors (Lipinski definition) is 1. The Hall–Kier alpha value is -0.390. The summed E-state index contributed by atoms with van der Waals surface area (Å²) in [5.41, 5.74) is 0. The average molecular weight is 356 g/mol. The van der Waals surface area contributed by atoms with E-state index < -0.39 is 12.1 Å². The Kier molecular flexibility index (Phi) is 11.0. The topological polar surface area (TPSA) is 41.6 Å². The van der Waals surface area contributed by atoms with Crippen LogP contribution < -0.4 is 5.32 Å². The number of halogens is 3. The highest BCUT2D eigenvalue weighted by atomic mass is 31.0. The van der Waals surface area contributed by atoms with Crippen LogP contribution in [0, 0.1) is 0 Å². The molecule has 0 heterocycles. The van der Waals surface area contributed by atoms with Crippen molar-refractivity contribution in [1.29, 1.82) is 0 Å². The van der Waals surface area contributed by atoms with Gasteiger partial charge in [0.25, 0.3) is 0 Å². The van der Waals surface area contributed by atoms with E-state index in [0.717, 1.165) is 25.7 Å². The van der Waals surface area contributed by atoms with E-state index in [1.54, 1.807) is 0 Å². The molecule has 0 aromatic heterocycles. The normalized spacial score (nSPS) is 13.9. The molecule has 0 saturated carbocycles. The number of hydrogen-bond acceptors (Lipinski definition) is 3. The lowest BCUT2D eigenvalue weighted by atomic mass is 10.1. The summed E-state index contributed by atoms with van der Waals surface area (Å²) in [6.45, 7) is 8.45. The maximum atomic E-state index is 12.0. The van der Waals surface area contributed by atoms with Crippen molar-refractivity contribution in [3.05, 3.63) is 0 Å². The maximum Gasteiger partial charge on any atom is 0.471 e. The molecule has 0 rings (SSSR count). The van der Waals surface area contributed by atoms with E-state index in [2.05, 4.69) is 42.1 Å². The van der Waals surface area contributed by atoms with Crippen molar-refractivity contribution in [3.63, 3.8) is 0 Å². The number of carbonyl (C=O) groups is 1. The molecule has 1 atom stereocenters. The molecule has 136 valence electrons. The van der Waals surface area contributed by atoms with E-state index in [0.29, 0.717) is 18.5 Å². The molecule has 0 aliphatic rings. The zero-order valence-electron chi connectivity index (χ0n) is 14.3. The molecule has 1 unspecified atom stereocenters. The lowest BCUT2D eigenvalue weighted by Gasteiger charge is -2.36. The zero-order chi connectivity index (χ0) is 18.0. The highest BCUT2D eigenvalue weighted by molar-refractivity contribution is 7.09. The second-order valence-electron chi connectivity index (χ2n) is 6.15. The van der Waals surface area contributed by atoms with Crippen LogP contribution >= 0.6 is 9.47 Å². The molecule has 8 heteroatoms. The van der Waals surface area contributed by atoms with Gasteiger partial charge in [0.1, 0.15) is 15.7 Å². The molecule has 0 aliphatic carbocycles. The van der Waals surface area contributed by atoms with Crippen LogP contribution in [-0.2, 0) is 9.32 Å². The molecule has 23 heavy (non-hydrogen) atoms. The summed E-state index contributed by atoms with van der Waals surface area (Å²) >= 11 is 0. The molecule has 4 nitrogen and oxygen atoms in total. The minimum absolute atomic E-state index is 0.0505. The fourth-order valence-corrected chi connectivity index (χ4v) is 2.83. The minimum Gasteiger partial charge on any atom is -0.348 e. The highest BCUT2D eigenvalue weighted by Crippen LogP contribution is 2.20. The number of alkyl halides is 3. The van der Waals surface area contributed by atoms with Gasteiger partial charge < -0.3 is 9.84 Å². The van der Waals surface area contributed by atoms with Gasteiger partial charge in [-0.2, -0.15) is 13.2 Å². The van der Waals surface area contributed by atoms with Gasteiger partial charge in [0.05, 0.1) is 0 Å². The van der Waals surface area contributed by atoms with Crippen LogP contribution in [0.4, 0.5) is 13.2 Å². The average Bonchev–Trinajstić information content (AvgIpc) is 2.42. The molecule has 0 bridgehead atoms. The maximum absolute atomic E-state index is 12.0. The third-order valence-electron chi connectivity index (χ3n) is 3.57. The summed E-state index contributed by atoms with van der Waals surface area (Å²) in [6, 6.07) is 0.675. The van der Waals surface area contributed by atoms with Gasteiger partial charge in [-0.05, 0) is 47.0 Å². The smallest absolute Gasteiger partial charge is 0.348 e. The summed E-state index contributed by atoms with van der Waals surface area (Å²) in [5, 5.41) is 1.87. The fourth-order valence-electron chi connectivity index (χ4n) is 2.62. The Bertz CT molecular complexity index is 331. The van der Waals surface area contributed by atoms with Crippen molar-refractivity contribution in [3.8, 4) is 0 Å². The number of unbranched alkanes of at least 4 members (excludes halogenated alkanes) is 3. The number of nitrogens with one attached hydrogen (secondary N) is 1. The number of nitrogens with zero attached hydrogens (tertiary/aromatic N) is 1. The summed E-state index contributed by atoms with van der Waals surface area (Å²) in [7, 11) is 3.96. The first-order chi connectivity index (χ1) is 10.6. The first-order valence-electron chi connectivity index (χ1n) is 8.04. The van der Waals surface area contributed by atoms with Crippen LogP contribution in [-0.4, -0.2) is 41.8 Å². The lowest BCUT2D eigenvalue weighted by molar-refractivity contribution is -0.173. The van der Waals surface area contributed by atoms with Gasteiger partial charge in [-0.1, -0.05) is 12.8 Å². The van der Waals surface area contributed by atoms with Crippen LogP contribution in [0.1, 0.15) is 59.8 Å². The number of amides is 1. The first-order valence-corrected chi connectivity index (χ1v) is 8.40. The van der Waals surface area contributed by atoms with Crippen molar-refractivity contribution in [2.75, 3.05) is 6.54 Å². The van der Waals surface area contributed by atoms with Gasteiger partial charge in [-0.15, -0.1) is 0 Å². The Balaban J connectivity index is 3.91. The van der Waals surface area contributed by atoms with Crippen molar-refractivity contribution >= 4 is 15.4 Å². The van der Waals surface area contributed by atoms with Gasteiger partial charge in [-0.3, -0.25) is 9.69 Å². The second kappa shape index (κ2) is 11.2. The fraction of sp³-hybridized carbons (Fsp3) is 0.933. The zero-order valence-corrected chi connectivity index (χ0v) is 15.2. The monoisotopic (exact) mass is 356 g/mol. The SMILES string of the molecule is CC(C)N(C(C)C)C(CCCCCCNC(=O)C(F)(F)F)O[P]. The van der Waals surface area contributed by atoms with E-state index in [1.165, 1.54) is 0 Å². The van der Waals surface area contributed by atoms with Crippen LogP contribution in [0.15, 0.2) is 0 Å². The molecule has 0 aromatic rings. The van der Waals surface area contributed by atoms with Gasteiger partial charge in [-0.25, -0.2) is 0 Å². The summed E-state index contributed by atoms with van der Waals surface area (Å²) < 4.78 is 41.2. The van der Waals surface area contributed by atoms with E-state index in [1.807, 2.05) is 5.32 Å². The highest BCUT2D eigenvalue weighted by Gasteiger charge is 2.38. The Morgan fingerprint density at radius 3 is 2.04 bits per heavy atom. The van der Waals surface area contributed by atoms with Gasteiger partial charge in [0.15, 0.2) is 0 Å². The molecule has 0 aliphatic heterocycles. The summed E-state index contributed by atoms with van der Waals surface area (Å²) in [6.07, 6.45) is -0.993. The van der Waals surface area contributed by atoms with Gasteiger partial charge in [0, 0.05) is 18.6 Å². The Labute approximate surface area is 139 Å². The third kappa shape index (κ3) is 9.48. The lowest BCUT2D eigenvalue weighted by Crippen LogP contribution is -2.45. The molecule has 2 radical (unpaired) electrons. The largest absolute Gasteiger partial charge is 0.471 e. The third-order valence-corrected chi connectivity index (χ3v) is 3.81. The van der Waals surface area contributed by atoms with E-state index >= 15 is 0 Å². The predicted molar refractivity (Wildman–Crippen MR) is 86.1 cm³/mol. The van der Waals surface area contributed by atoms with Crippen molar-refractivity contribution in [1.82, 2.24) is 10.2 Å². The molecule has 0 aromatic carbocycles. The van der Waals surface area contributed by atoms with Gasteiger partial charge >= 0.3 is 12.1 Å². The van der Waals surface area contributed by atoms with Crippen molar-refractivity contribution < 1.29 is 22.5 Å². The second-order valence-corrected chi connectivity index (χ2v) is 6.36.